The molecule has 3 nitrogen and oxygen atoms in total. The van der Waals surface area contributed by atoms with Crippen LogP contribution in [0.1, 0.15) is 42.0 Å². The van der Waals surface area contributed by atoms with E-state index in [1.165, 1.54) is 72.1 Å². The Labute approximate surface area is 155 Å². The molecule has 5 rings (SSSR count). The van der Waals surface area contributed by atoms with Crippen molar-refractivity contribution in [3.05, 3.63) is 65.4 Å². The quantitative estimate of drug-likeness (QED) is 0.741. The van der Waals surface area contributed by atoms with E-state index in [2.05, 4.69) is 70.5 Å². The van der Waals surface area contributed by atoms with Gasteiger partial charge in [-0.2, -0.15) is 0 Å². The van der Waals surface area contributed by atoms with Crippen LogP contribution in [0.2, 0.25) is 0 Å². The molecule has 1 saturated heterocycles. The molecule has 1 atom stereocenters. The zero-order chi connectivity index (χ0) is 17.5. The molecule has 0 amide bonds. The Morgan fingerprint density at radius 3 is 2.69 bits per heavy atom. The first-order valence-corrected chi connectivity index (χ1v) is 9.95. The second-order valence-corrected chi connectivity index (χ2v) is 7.85. The number of hydrogen-bond donors (Lipinski definition) is 1. The lowest BCUT2D eigenvalue weighted by atomic mass is 9.93. The Balaban J connectivity index is 1.63. The van der Waals surface area contributed by atoms with Gasteiger partial charge in [0.1, 0.15) is 0 Å². The highest BCUT2D eigenvalue weighted by atomic mass is 15.2. The largest absolute Gasteiger partial charge is 0.374 e. The number of nitrogens with one attached hydrogen (secondary N) is 1. The summed E-state index contributed by atoms with van der Waals surface area (Å²) in [6, 6.07) is 16.2. The molecule has 2 aliphatic rings. The van der Waals surface area contributed by atoms with Gasteiger partial charge in [0.2, 0.25) is 0 Å². The number of benzene rings is 2. The van der Waals surface area contributed by atoms with Crippen LogP contribution < -0.4 is 4.90 Å². The Bertz CT molecular complexity index is 920. The van der Waals surface area contributed by atoms with Gasteiger partial charge in [-0.05, 0) is 61.2 Å². The molecule has 0 radical (unpaired) electrons. The predicted molar refractivity (Wildman–Crippen MR) is 109 cm³/mol. The monoisotopic (exact) mass is 345 g/mol. The summed E-state index contributed by atoms with van der Waals surface area (Å²) in [4.78, 5) is 8.57. The van der Waals surface area contributed by atoms with Crippen molar-refractivity contribution in [2.45, 2.75) is 31.7 Å². The molecule has 134 valence electrons. The molecule has 1 N–H and O–H groups in total. The van der Waals surface area contributed by atoms with Crippen LogP contribution in [0.15, 0.2) is 48.7 Å². The van der Waals surface area contributed by atoms with Gasteiger partial charge < -0.3 is 9.88 Å². The summed E-state index contributed by atoms with van der Waals surface area (Å²) in [6.07, 6.45) is 7.40. The van der Waals surface area contributed by atoms with Gasteiger partial charge in [0, 0.05) is 36.4 Å². The van der Waals surface area contributed by atoms with E-state index >= 15 is 0 Å². The van der Waals surface area contributed by atoms with E-state index in [-0.39, 0.29) is 0 Å². The highest BCUT2D eigenvalue weighted by Crippen LogP contribution is 2.38. The average molecular weight is 345 g/mol. The van der Waals surface area contributed by atoms with Gasteiger partial charge in [-0.15, -0.1) is 0 Å². The van der Waals surface area contributed by atoms with Gasteiger partial charge in [-0.25, -0.2) is 0 Å². The van der Waals surface area contributed by atoms with E-state index in [1.807, 2.05) is 0 Å². The molecule has 2 aromatic carbocycles. The second kappa shape index (κ2) is 6.48. The summed E-state index contributed by atoms with van der Waals surface area (Å²) in [5.74, 6) is 0. The van der Waals surface area contributed by atoms with Crippen LogP contribution in [0.4, 0.5) is 5.69 Å². The minimum absolute atomic E-state index is 0.350. The lowest BCUT2D eigenvalue weighted by Crippen LogP contribution is -2.34. The van der Waals surface area contributed by atoms with Crippen molar-refractivity contribution in [1.82, 2.24) is 9.88 Å². The van der Waals surface area contributed by atoms with Crippen LogP contribution in [0.5, 0.6) is 0 Å². The first kappa shape index (κ1) is 16.0. The zero-order valence-electron chi connectivity index (χ0n) is 15.5. The minimum Gasteiger partial charge on any atom is -0.374 e. The van der Waals surface area contributed by atoms with Crippen molar-refractivity contribution in [1.29, 1.82) is 0 Å². The molecule has 2 aliphatic heterocycles. The number of nitrogens with zero attached hydrogens (tertiary/aromatic N) is 2. The molecule has 0 saturated carbocycles. The Morgan fingerprint density at radius 1 is 0.962 bits per heavy atom. The summed E-state index contributed by atoms with van der Waals surface area (Å²) in [5.41, 5.74) is 7.03. The fourth-order valence-electron chi connectivity index (χ4n) is 4.84. The number of likely N-dealkylation sites (N-methyl/N-ethyl adjacent to an activating group) is 1. The highest BCUT2D eigenvalue weighted by molar-refractivity contribution is 5.84. The van der Waals surface area contributed by atoms with Crippen molar-refractivity contribution in [2.75, 3.05) is 31.6 Å². The maximum absolute atomic E-state index is 3.50. The molecule has 1 fully saturated rings. The topological polar surface area (TPSA) is 22.3 Å². The Kier molecular flexibility index (Phi) is 3.97. The van der Waals surface area contributed by atoms with Crippen LogP contribution in [-0.4, -0.2) is 36.6 Å². The molecular weight excluding hydrogens is 318 g/mol. The highest BCUT2D eigenvalue weighted by Gasteiger charge is 2.27. The van der Waals surface area contributed by atoms with Gasteiger partial charge in [-0.1, -0.05) is 36.8 Å². The number of para-hydroxylation sites is 1. The van der Waals surface area contributed by atoms with Gasteiger partial charge in [0.15, 0.2) is 0 Å². The molecule has 3 aromatic rings. The number of rotatable bonds is 3. The average Bonchev–Trinajstić information content (AvgIpc) is 3.27. The number of H-pyrrole nitrogens is 1. The first-order valence-electron chi connectivity index (χ1n) is 9.95. The third kappa shape index (κ3) is 2.62. The van der Waals surface area contributed by atoms with E-state index in [9.17, 15) is 0 Å². The number of hydrogen-bond acceptors (Lipinski definition) is 2. The second-order valence-electron chi connectivity index (χ2n) is 7.85. The Morgan fingerprint density at radius 2 is 1.81 bits per heavy atom. The number of fused-ring (bicyclic) bond motifs is 2. The maximum atomic E-state index is 3.50. The molecular formula is C23H27N3. The van der Waals surface area contributed by atoms with Crippen LogP contribution in [0.25, 0.3) is 10.9 Å². The van der Waals surface area contributed by atoms with E-state index in [0.717, 1.165) is 6.54 Å². The zero-order valence-corrected chi connectivity index (χ0v) is 15.5. The van der Waals surface area contributed by atoms with Gasteiger partial charge >= 0.3 is 0 Å². The normalized spacial score (nSPS) is 19.0. The van der Waals surface area contributed by atoms with Crippen molar-refractivity contribution in [2.24, 2.45) is 0 Å². The number of aromatic amines is 1. The van der Waals surface area contributed by atoms with Gasteiger partial charge in [0.05, 0.1) is 6.04 Å². The third-order valence-corrected chi connectivity index (χ3v) is 6.22. The maximum Gasteiger partial charge on any atom is 0.0623 e. The lowest BCUT2D eigenvalue weighted by Gasteiger charge is -2.35. The number of aromatic nitrogens is 1. The standard InChI is InChI=1S/C23H27N3/c1-25-14-11-17-15-18(9-10-22(17)25)23(26-12-5-2-6-13-26)20-16-24-21-8-4-3-7-19(20)21/h3-4,7-10,15-16,23-24H,2,5-6,11-14H2,1H3. The number of likely N-dealkylation sites (tertiary alicyclic amines) is 1. The van der Waals surface area contributed by atoms with Crippen LogP contribution >= 0.6 is 0 Å². The van der Waals surface area contributed by atoms with Crippen LogP contribution in [0.3, 0.4) is 0 Å². The summed E-state index contributed by atoms with van der Waals surface area (Å²) in [7, 11) is 2.20. The van der Waals surface area contributed by atoms with Crippen molar-refractivity contribution in [3.8, 4) is 0 Å². The van der Waals surface area contributed by atoms with E-state index in [0.29, 0.717) is 6.04 Å². The molecule has 0 bridgehead atoms. The fraction of sp³-hybridized carbons (Fsp3) is 0.391. The van der Waals surface area contributed by atoms with Gasteiger partial charge in [-0.3, -0.25) is 4.90 Å². The summed E-state index contributed by atoms with van der Waals surface area (Å²) in [6.45, 7) is 3.53. The van der Waals surface area contributed by atoms with E-state index < -0.39 is 0 Å². The van der Waals surface area contributed by atoms with Crippen LogP contribution in [0, 0.1) is 0 Å². The SMILES string of the molecule is CN1CCc2cc(C(c3c[nH]c4ccccc34)N3CCCCC3)ccc21. The minimum atomic E-state index is 0.350. The van der Waals surface area contributed by atoms with Gasteiger partial charge in [0.25, 0.3) is 0 Å². The van der Waals surface area contributed by atoms with Crippen LogP contribution in [-0.2, 0) is 6.42 Å². The molecule has 1 unspecified atom stereocenters. The number of anilines is 1. The van der Waals surface area contributed by atoms with E-state index in [1.54, 1.807) is 0 Å². The van der Waals surface area contributed by atoms with Crippen molar-refractivity contribution >= 4 is 16.6 Å². The molecule has 0 aliphatic carbocycles. The summed E-state index contributed by atoms with van der Waals surface area (Å²) in [5, 5.41) is 1.36. The number of piperidine rings is 1. The molecule has 26 heavy (non-hydrogen) atoms. The third-order valence-electron chi connectivity index (χ3n) is 6.22. The van der Waals surface area contributed by atoms with Crippen molar-refractivity contribution < 1.29 is 0 Å². The van der Waals surface area contributed by atoms with Crippen molar-refractivity contribution in [3.63, 3.8) is 0 Å². The van der Waals surface area contributed by atoms with E-state index in [4.69, 9.17) is 0 Å². The molecule has 1 aromatic heterocycles. The molecule has 0 spiro atoms. The first-order chi connectivity index (χ1) is 12.8. The smallest absolute Gasteiger partial charge is 0.0623 e. The molecule has 3 heterocycles. The summed E-state index contributed by atoms with van der Waals surface area (Å²) < 4.78 is 0. The fourth-order valence-corrected chi connectivity index (χ4v) is 4.84. The molecule has 3 heteroatoms. The predicted octanol–water partition coefficient (Wildman–Crippen LogP) is 4.74. The summed E-state index contributed by atoms with van der Waals surface area (Å²) >= 11 is 0. The Hall–Kier alpha value is -2.26. The lowest BCUT2D eigenvalue weighted by molar-refractivity contribution is 0.188.